The number of carboxylic acids is 1. The van der Waals surface area contributed by atoms with Crippen molar-refractivity contribution < 1.29 is 62.4 Å². The minimum atomic E-state index is -0.926. The normalized spacial score (nSPS) is 12.2. The SMILES string of the molecule is CN(C)c1nc(Cc2ccc(NC(=O)c3ccc4ccccc4c3)cc2)nc(N2CCOCC2)c1CC(=O)O.COC(=O)Cc1c(Cl)nc(Cc2ccc(N)cc2)nc1N(C)C.COC(=O)Cc1c(Cl)nc(Cc2ccc(NC(=O)c3ccc4ccccc4c3)cc2)nc1N(C)C.COC(=O)Cc1c(N(C)C)nc(Cc2ccc(NC(=O)c3ccc4ccccc4c3)cc2)nc1N1CCOCC1. The summed E-state index contributed by atoms with van der Waals surface area (Å²) in [5.41, 5.74) is 16.7. The molecule has 0 atom stereocenters. The third-order valence-corrected chi connectivity index (χ3v) is 23.0. The maximum atomic E-state index is 12.9. The highest BCUT2D eigenvalue weighted by Gasteiger charge is 2.29. The van der Waals surface area contributed by atoms with E-state index in [1.54, 1.807) is 9.80 Å². The molecule has 2 saturated heterocycles. The van der Waals surface area contributed by atoms with Gasteiger partial charge in [0.05, 0.1) is 73.4 Å². The van der Waals surface area contributed by atoms with Gasteiger partial charge in [-0.15, -0.1) is 0 Å². The number of carboxylic acid groups (broad SMARTS) is 1. The molecule has 14 aromatic rings. The predicted octanol–water partition coefficient (Wildman–Crippen LogP) is 15.1. The van der Waals surface area contributed by atoms with Gasteiger partial charge < -0.3 is 79.9 Å². The fraction of sp³-hybridized carbons (Fsp3) is 0.260. The Morgan fingerprint density at radius 2 is 0.613 bits per heavy atom. The van der Waals surface area contributed by atoms with Crippen LogP contribution in [0, 0.1) is 0 Å². The van der Waals surface area contributed by atoms with Gasteiger partial charge in [0.15, 0.2) is 0 Å². The molecule has 2 aliphatic rings. The third kappa shape index (κ3) is 27.1. The van der Waals surface area contributed by atoms with Gasteiger partial charge >= 0.3 is 23.9 Å². The second-order valence-corrected chi connectivity index (χ2v) is 33.9. The van der Waals surface area contributed by atoms with Crippen molar-refractivity contribution >= 4 is 155 Å². The molecular formula is C104H108Cl2N18O13. The highest BCUT2D eigenvalue weighted by molar-refractivity contribution is 6.31. The van der Waals surface area contributed by atoms with Gasteiger partial charge in [0.25, 0.3) is 17.7 Å². The summed E-state index contributed by atoms with van der Waals surface area (Å²) in [6.45, 7) is 4.97. The molecule has 6 N–H and O–H groups in total. The molecule has 3 amide bonds. The lowest BCUT2D eigenvalue weighted by atomic mass is 10.1. The first-order valence-electron chi connectivity index (χ1n) is 44.2. The summed E-state index contributed by atoms with van der Waals surface area (Å²) in [5.74, 6) is 3.66. The number of morpholine rings is 2. The molecule has 10 aromatic carbocycles. The Labute approximate surface area is 804 Å². The average Bonchev–Trinajstić information content (AvgIpc) is 0.781. The fourth-order valence-electron chi connectivity index (χ4n) is 15.4. The van der Waals surface area contributed by atoms with Crippen LogP contribution in [-0.4, -0.2) is 217 Å². The Hall–Kier alpha value is -15.3. The van der Waals surface area contributed by atoms with Gasteiger partial charge in [-0.3, -0.25) is 33.6 Å². The number of carbonyl (C=O) groups excluding carboxylic acids is 6. The molecular weight excluding hydrogens is 1780 g/mol. The zero-order valence-corrected chi connectivity index (χ0v) is 79.6. The second-order valence-electron chi connectivity index (χ2n) is 33.2. The van der Waals surface area contributed by atoms with Crippen LogP contribution in [0.15, 0.2) is 224 Å². The molecule has 0 radical (unpaired) electrons. The number of benzene rings is 10. The molecule has 16 rings (SSSR count). The van der Waals surface area contributed by atoms with Crippen LogP contribution in [0.1, 0.15) is 98.9 Å². The summed E-state index contributed by atoms with van der Waals surface area (Å²) in [5, 5.41) is 25.3. The van der Waals surface area contributed by atoms with E-state index in [9.17, 15) is 38.7 Å². The summed E-state index contributed by atoms with van der Waals surface area (Å²) >= 11 is 12.7. The molecule has 4 aromatic heterocycles. The number of anilines is 10. The van der Waals surface area contributed by atoms with Crippen LogP contribution in [0.25, 0.3) is 32.3 Å². The number of nitrogens with two attached hydrogens (primary N) is 1. The van der Waals surface area contributed by atoms with Gasteiger partial charge in [0.2, 0.25) is 0 Å². The highest BCUT2D eigenvalue weighted by atomic mass is 35.5. The number of fused-ring (bicyclic) bond motifs is 3. The van der Waals surface area contributed by atoms with E-state index in [2.05, 4.69) is 45.7 Å². The first kappa shape index (κ1) is 99.2. The van der Waals surface area contributed by atoms with Crippen LogP contribution in [-0.2, 0) is 94.2 Å². The van der Waals surface area contributed by atoms with Gasteiger partial charge in [-0.1, -0.05) is 163 Å². The average molecular weight is 1890 g/mol. The van der Waals surface area contributed by atoms with E-state index >= 15 is 0 Å². The van der Waals surface area contributed by atoms with Gasteiger partial charge in [-0.25, -0.2) is 39.9 Å². The number of methoxy groups -OCH3 is 3. The molecule has 0 unspecified atom stereocenters. The van der Waals surface area contributed by atoms with E-state index < -0.39 is 11.9 Å². The number of hydrogen-bond donors (Lipinski definition) is 5. The third-order valence-electron chi connectivity index (χ3n) is 22.4. The number of amides is 3. The maximum absolute atomic E-state index is 12.9. The first-order valence-corrected chi connectivity index (χ1v) is 45.0. The van der Waals surface area contributed by atoms with Gasteiger partial charge in [0.1, 0.15) is 68.5 Å². The summed E-state index contributed by atoms with van der Waals surface area (Å²) < 4.78 is 25.4. The van der Waals surface area contributed by atoms with Crippen LogP contribution in [0.3, 0.4) is 0 Å². The Kier molecular flexibility index (Phi) is 34.1. The molecule has 2 fully saturated rings. The molecule has 6 heterocycles. The fourth-order valence-corrected chi connectivity index (χ4v) is 15.9. The minimum absolute atomic E-state index is 0.00523. The van der Waals surface area contributed by atoms with Crippen molar-refractivity contribution in [1.82, 2.24) is 39.9 Å². The zero-order valence-electron chi connectivity index (χ0n) is 78.1. The molecule has 137 heavy (non-hydrogen) atoms. The van der Waals surface area contributed by atoms with Crippen molar-refractivity contribution in [1.29, 1.82) is 0 Å². The Morgan fingerprint density at radius 1 is 0.350 bits per heavy atom. The van der Waals surface area contributed by atoms with E-state index in [1.165, 1.54) is 21.3 Å². The minimum Gasteiger partial charge on any atom is -0.481 e. The summed E-state index contributed by atoms with van der Waals surface area (Å²) in [6.07, 6.45) is 1.88. The van der Waals surface area contributed by atoms with Crippen molar-refractivity contribution in [3.05, 3.63) is 319 Å². The van der Waals surface area contributed by atoms with Crippen LogP contribution in [0.5, 0.6) is 0 Å². The monoisotopic (exact) mass is 1890 g/mol. The van der Waals surface area contributed by atoms with E-state index in [1.807, 2.05) is 291 Å². The lowest BCUT2D eigenvalue weighted by molar-refractivity contribution is -0.140. The lowest BCUT2D eigenvalue weighted by Gasteiger charge is -2.31. The quantitative estimate of drug-likeness (QED) is 0.0132. The number of aromatic nitrogens is 8. The standard InChI is InChI=1S/C31H33N5O4.C30H31N5O4.C27H25ClN4O3.C16H19ClN4O2/c1-35(2)29-26(20-28(37)39-3)30(36-14-16-40-17-15-36)34-27(33-29)18-21-8-12-25(13-9-21)32-31(38)24-11-10-22-6-4-5-7-23(22)19-24;1-34(2)28-25(19-27(36)37)29(35-13-15-39-16-14-35)33-26(32-28)17-20-7-11-24(12-8-20)31-30(38)23-10-9-21-5-3-4-6-22(21)18-23;1-32(2)26-22(16-24(33)35-3)25(28)30-23(31-26)14-17-8-12-21(13-9-17)29-27(34)20-11-10-18-6-4-5-7-19(18)15-20;1-21(2)16-12(9-14(22)23-3)15(17)19-13(20-16)8-10-4-6-11(18)7-5-10/h4-13,19H,14-18,20H2,1-3H3,(H,32,38);3-12,18H,13-17,19H2,1-2H3,(H,31,38)(H,36,37);4-13,15H,14,16H2,1-3H3,(H,29,34);4-7H,8-9,18H2,1-3H3. The van der Waals surface area contributed by atoms with E-state index in [0.717, 1.165) is 66.0 Å². The van der Waals surface area contributed by atoms with Gasteiger partial charge in [-0.2, -0.15) is 0 Å². The smallest absolute Gasteiger partial charge is 0.310 e. The number of nitrogens with one attached hydrogen (secondary N) is 3. The number of carbonyl (C=O) groups is 7. The molecule has 33 heteroatoms. The lowest BCUT2D eigenvalue weighted by Crippen LogP contribution is -2.38. The number of halogens is 2. The molecule has 0 saturated carbocycles. The van der Waals surface area contributed by atoms with Crippen LogP contribution >= 0.6 is 23.2 Å². The number of nitrogen functional groups attached to an aromatic ring is 1. The van der Waals surface area contributed by atoms with Crippen LogP contribution in [0.2, 0.25) is 10.3 Å². The Bertz CT molecular complexity index is 6660. The second kappa shape index (κ2) is 47.1. The van der Waals surface area contributed by atoms with E-state index in [4.69, 9.17) is 72.6 Å². The van der Waals surface area contributed by atoms with Crippen molar-refractivity contribution in [2.45, 2.75) is 51.4 Å². The Morgan fingerprint density at radius 3 is 0.898 bits per heavy atom. The molecule has 31 nitrogen and oxygen atoms in total. The maximum Gasteiger partial charge on any atom is 0.310 e. The number of esters is 3. The zero-order chi connectivity index (χ0) is 97.3. The predicted molar refractivity (Wildman–Crippen MR) is 537 cm³/mol. The Balaban J connectivity index is 0.000000157. The van der Waals surface area contributed by atoms with Crippen LogP contribution < -0.4 is 51.1 Å². The number of ether oxygens (including phenoxy) is 5. The molecule has 0 bridgehead atoms. The van der Waals surface area contributed by atoms with Gasteiger partial charge in [0, 0.05) is 170 Å². The number of aliphatic carboxylic acids is 1. The van der Waals surface area contributed by atoms with Crippen molar-refractivity contribution in [2.24, 2.45) is 0 Å². The van der Waals surface area contributed by atoms with Gasteiger partial charge in [-0.05, 0) is 140 Å². The molecule has 0 spiro atoms. The summed E-state index contributed by atoms with van der Waals surface area (Å²) in [7, 11) is 18.9. The summed E-state index contributed by atoms with van der Waals surface area (Å²) in [4.78, 5) is 134. The molecule has 2 aliphatic heterocycles. The number of rotatable bonds is 28. The highest BCUT2D eigenvalue weighted by Crippen LogP contribution is 2.34. The summed E-state index contributed by atoms with van der Waals surface area (Å²) in [6, 6.07) is 71.1. The van der Waals surface area contributed by atoms with Crippen molar-refractivity contribution in [2.75, 3.05) is 181 Å². The molecule has 0 aliphatic carbocycles. The largest absolute Gasteiger partial charge is 0.481 e. The first-order chi connectivity index (χ1) is 66.0. The number of hydrogen-bond acceptors (Lipinski definition) is 27. The van der Waals surface area contributed by atoms with Crippen LogP contribution in [0.4, 0.5) is 57.7 Å². The van der Waals surface area contributed by atoms with Crippen molar-refractivity contribution in [3.63, 3.8) is 0 Å². The number of nitrogens with zero attached hydrogens (tertiary/aromatic N) is 14. The van der Waals surface area contributed by atoms with E-state index in [0.29, 0.717) is 187 Å². The van der Waals surface area contributed by atoms with E-state index in [-0.39, 0.29) is 65.6 Å². The van der Waals surface area contributed by atoms with Crippen molar-refractivity contribution in [3.8, 4) is 0 Å². The topological polar surface area (TPSA) is 371 Å². The molecule has 706 valence electrons.